The van der Waals surface area contributed by atoms with Crippen molar-refractivity contribution in [3.8, 4) is 6.07 Å². The highest BCUT2D eigenvalue weighted by Crippen LogP contribution is 2.46. The monoisotopic (exact) mass is 375 g/mol. The molecule has 2 atom stereocenters. The van der Waals surface area contributed by atoms with E-state index in [9.17, 15) is 14.9 Å². The van der Waals surface area contributed by atoms with Gasteiger partial charge in [0, 0.05) is 0 Å². The zero-order chi connectivity index (χ0) is 20.3. The van der Waals surface area contributed by atoms with Crippen LogP contribution in [0.5, 0.6) is 0 Å². The van der Waals surface area contributed by atoms with Crippen LogP contribution in [0, 0.1) is 17.2 Å². The molecule has 0 fully saturated rings. The first-order chi connectivity index (χ1) is 13.5. The van der Waals surface area contributed by atoms with E-state index in [1.54, 1.807) is 68.4 Å². The number of esters is 1. The maximum atomic E-state index is 13.3. The Hall–Kier alpha value is -3.59. The second kappa shape index (κ2) is 7.57. The normalized spacial score (nSPS) is 22.0. The van der Waals surface area contributed by atoms with Crippen molar-refractivity contribution in [2.45, 2.75) is 19.3 Å². The molecule has 0 bridgehead atoms. The minimum atomic E-state index is -1.24. The molecule has 0 aliphatic carbocycles. The van der Waals surface area contributed by atoms with Crippen molar-refractivity contribution in [2.24, 2.45) is 11.7 Å². The van der Waals surface area contributed by atoms with E-state index >= 15 is 0 Å². The predicted molar refractivity (Wildman–Crippen MR) is 105 cm³/mol. The summed E-state index contributed by atoms with van der Waals surface area (Å²) in [6, 6.07) is 19.8. The van der Waals surface area contributed by atoms with E-state index in [2.05, 4.69) is 6.07 Å². The number of amides is 1. The zero-order valence-electron chi connectivity index (χ0n) is 15.8. The summed E-state index contributed by atoms with van der Waals surface area (Å²) < 4.78 is 5.26. The number of carbonyl (C=O) groups excluding carboxylic acids is 2. The lowest BCUT2D eigenvalue weighted by atomic mass is 9.64. The summed E-state index contributed by atoms with van der Waals surface area (Å²) in [6.07, 6.45) is 0. The van der Waals surface area contributed by atoms with Crippen LogP contribution in [0.2, 0.25) is 0 Å². The number of ether oxygens (including phenoxy) is 1. The summed E-state index contributed by atoms with van der Waals surface area (Å²) >= 11 is 0. The van der Waals surface area contributed by atoms with Gasteiger partial charge in [-0.25, -0.2) is 4.79 Å². The Labute approximate surface area is 163 Å². The summed E-state index contributed by atoms with van der Waals surface area (Å²) in [6.45, 7) is 3.53. The SMILES string of the molecule is CCOC(=O)C1=C(N)N(c2ccccc2)C(=O)C(C#N)C1(C)c1ccccc1. The molecule has 3 rings (SSSR count). The van der Waals surface area contributed by atoms with Gasteiger partial charge in [-0.1, -0.05) is 48.5 Å². The summed E-state index contributed by atoms with van der Waals surface area (Å²) in [5.74, 6) is -2.29. The average Bonchev–Trinajstić information content (AvgIpc) is 2.70. The van der Waals surface area contributed by atoms with Crippen LogP contribution >= 0.6 is 0 Å². The number of para-hydroxylation sites is 1. The number of benzene rings is 2. The zero-order valence-corrected chi connectivity index (χ0v) is 15.8. The fourth-order valence-electron chi connectivity index (χ4n) is 3.66. The Morgan fingerprint density at radius 3 is 2.29 bits per heavy atom. The topological polar surface area (TPSA) is 96.4 Å². The Morgan fingerprint density at radius 2 is 1.75 bits per heavy atom. The molecular weight excluding hydrogens is 354 g/mol. The fourth-order valence-corrected chi connectivity index (χ4v) is 3.66. The molecular formula is C22H21N3O3. The number of nitrogens with zero attached hydrogens (tertiary/aromatic N) is 2. The number of hydrogen-bond donors (Lipinski definition) is 1. The molecule has 0 radical (unpaired) electrons. The van der Waals surface area contributed by atoms with E-state index < -0.39 is 23.2 Å². The Kier molecular flexibility index (Phi) is 5.18. The van der Waals surface area contributed by atoms with Crippen molar-refractivity contribution in [3.05, 3.63) is 77.6 Å². The lowest BCUT2D eigenvalue weighted by Gasteiger charge is -2.43. The first kappa shape index (κ1) is 19.2. The molecule has 6 nitrogen and oxygen atoms in total. The molecule has 0 saturated heterocycles. The molecule has 2 aromatic carbocycles. The van der Waals surface area contributed by atoms with Crippen LogP contribution in [0.15, 0.2) is 72.1 Å². The molecule has 0 spiro atoms. The van der Waals surface area contributed by atoms with E-state index in [0.29, 0.717) is 11.3 Å². The van der Waals surface area contributed by atoms with Crippen molar-refractivity contribution < 1.29 is 14.3 Å². The van der Waals surface area contributed by atoms with Gasteiger partial charge in [0.15, 0.2) is 0 Å². The van der Waals surface area contributed by atoms with Crippen LogP contribution in [0.4, 0.5) is 5.69 Å². The Morgan fingerprint density at radius 1 is 1.18 bits per heavy atom. The predicted octanol–water partition coefficient (Wildman–Crippen LogP) is 2.86. The highest BCUT2D eigenvalue weighted by atomic mass is 16.5. The van der Waals surface area contributed by atoms with Crippen LogP contribution in [0.3, 0.4) is 0 Å². The van der Waals surface area contributed by atoms with Gasteiger partial charge in [0.25, 0.3) is 5.91 Å². The standard InChI is InChI=1S/C22H21N3O3/c1-3-28-21(27)18-19(24)25(16-12-8-5-9-13-16)20(26)17(14-23)22(18,2)15-10-6-4-7-11-15/h4-13,17H,3,24H2,1-2H3. The van der Waals surface area contributed by atoms with Gasteiger partial charge in [-0.3, -0.25) is 9.69 Å². The highest BCUT2D eigenvalue weighted by molar-refractivity contribution is 6.07. The number of nitriles is 1. The van der Waals surface area contributed by atoms with E-state index in [0.717, 1.165) is 0 Å². The largest absolute Gasteiger partial charge is 0.463 e. The minimum absolute atomic E-state index is 0.0208. The van der Waals surface area contributed by atoms with E-state index in [1.807, 2.05) is 6.07 Å². The van der Waals surface area contributed by atoms with E-state index in [1.165, 1.54) is 4.90 Å². The second-order valence-corrected chi connectivity index (χ2v) is 6.62. The van der Waals surface area contributed by atoms with Crippen molar-refractivity contribution in [2.75, 3.05) is 11.5 Å². The van der Waals surface area contributed by atoms with Crippen molar-refractivity contribution in [3.63, 3.8) is 0 Å². The summed E-state index contributed by atoms with van der Waals surface area (Å²) in [5.41, 5.74) is 6.38. The van der Waals surface area contributed by atoms with Gasteiger partial charge < -0.3 is 10.5 Å². The number of hydrogen-bond acceptors (Lipinski definition) is 5. The third-order valence-corrected chi connectivity index (χ3v) is 5.06. The van der Waals surface area contributed by atoms with Gasteiger partial charge in [-0.15, -0.1) is 0 Å². The number of carbonyl (C=O) groups is 2. The first-order valence-corrected chi connectivity index (χ1v) is 8.98. The molecule has 0 aromatic heterocycles. The summed E-state index contributed by atoms with van der Waals surface area (Å²) in [5, 5.41) is 9.93. The Balaban J connectivity index is 2.33. The molecule has 1 amide bonds. The quantitative estimate of drug-likeness (QED) is 0.829. The van der Waals surface area contributed by atoms with Crippen LogP contribution in [-0.4, -0.2) is 18.5 Å². The average molecular weight is 375 g/mol. The smallest absolute Gasteiger partial charge is 0.338 e. The summed E-state index contributed by atoms with van der Waals surface area (Å²) in [7, 11) is 0. The van der Waals surface area contributed by atoms with Crippen LogP contribution in [-0.2, 0) is 19.7 Å². The molecule has 2 aromatic rings. The van der Waals surface area contributed by atoms with Crippen LogP contribution < -0.4 is 10.6 Å². The lowest BCUT2D eigenvalue weighted by Crippen LogP contribution is -2.55. The van der Waals surface area contributed by atoms with Crippen LogP contribution in [0.1, 0.15) is 19.4 Å². The lowest BCUT2D eigenvalue weighted by molar-refractivity contribution is -0.140. The molecule has 6 heteroatoms. The third kappa shape index (κ3) is 2.91. The maximum Gasteiger partial charge on any atom is 0.338 e. The van der Waals surface area contributed by atoms with E-state index in [-0.39, 0.29) is 18.0 Å². The molecule has 1 aliphatic rings. The number of rotatable bonds is 4. The molecule has 1 heterocycles. The first-order valence-electron chi connectivity index (χ1n) is 8.98. The van der Waals surface area contributed by atoms with E-state index in [4.69, 9.17) is 10.5 Å². The third-order valence-electron chi connectivity index (χ3n) is 5.06. The van der Waals surface area contributed by atoms with Crippen molar-refractivity contribution in [1.29, 1.82) is 5.26 Å². The molecule has 2 N–H and O–H groups in total. The van der Waals surface area contributed by atoms with Gasteiger partial charge in [0.05, 0.1) is 29.4 Å². The second-order valence-electron chi connectivity index (χ2n) is 6.62. The fraction of sp³-hybridized carbons (Fsp3) is 0.227. The van der Waals surface area contributed by atoms with Crippen molar-refractivity contribution in [1.82, 2.24) is 0 Å². The van der Waals surface area contributed by atoms with Gasteiger partial charge in [-0.2, -0.15) is 5.26 Å². The molecule has 2 unspecified atom stereocenters. The van der Waals surface area contributed by atoms with Crippen molar-refractivity contribution >= 4 is 17.6 Å². The van der Waals surface area contributed by atoms with Gasteiger partial charge in [-0.05, 0) is 31.5 Å². The molecule has 1 aliphatic heterocycles. The number of anilines is 1. The van der Waals surface area contributed by atoms with Gasteiger partial charge in [0.1, 0.15) is 11.7 Å². The molecule has 142 valence electrons. The van der Waals surface area contributed by atoms with Gasteiger partial charge >= 0.3 is 5.97 Å². The summed E-state index contributed by atoms with van der Waals surface area (Å²) in [4.78, 5) is 27.5. The molecule has 0 saturated carbocycles. The van der Waals surface area contributed by atoms with Crippen LogP contribution in [0.25, 0.3) is 0 Å². The maximum absolute atomic E-state index is 13.3. The van der Waals surface area contributed by atoms with Gasteiger partial charge in [0.2, 0.25) is 0 Å². The minimum Gasteiger partial charge on any atom is -0.463 e. The number of nitrogens with two attached hydrogens (primary N) is 1. The highest BCUT2D eigenvalue weighted by Gasteiger charge is 2.54. The molecule has 28 heavy (non-hydrogen) atoms. The Bertz CT molecular complexity index is 964.